The van der Waals surface area contributed by atoms with Gasteiger partial charge in [0.2, 0.25) is 0 Å². The molecule has 1 aromatic carbocycles. The number of hydrogen-bond donors (Lipinski definition) is 2. The molecule has 1 amide bonds. The summed E-state index contributed by atoms with van der Waals surface area (Å²) in [6, 6.07) is 7.45. The fourth-order valence-corrected chi connectivity index (χ4v) is 1.88. The standard InChI is InChI=1S/C16H26N2O/c1-16(2,3)10-4-5-11-18-15(19)14-8-6-13(12-17)7-9-14/h6-9H,4-5,10-12,17H2,1-3H3,(H,18,19). The Labute approximate surface area is 116 Å². The van der Waals surface area contributed by atoms with Gasteiger partial charge >= 0.3 is 0 Å². The van der Waals surface area contributed by atoms with Crippen LogP contribution in [0.25, 0.3) is 0 Å². The molecule has 0 aromatic heterocycles. The van der Waals surface area contributed by atoms with E-state index in [9.17, 15) is 4.79 Å². The molecule has 0 radical (unpaired) electrons. The Hall–Kier alpha value is -1.35. The largest absolute Gasteiger partial charge is 0.352 e. The van der Waals surface area contributed by atoms with Crippen molar-refractivity contribution >= 4 is 5.91 Å². The van der Waals surface area contributed by atoms with Crippen LogP contribution in [0.3, 0.4) is 0 Å². The van der Waals surface area contributed by atoms with Gasteiger partial charge in [-0.1, -0.05) is 39.3 Å². The van der Waals surface area contributed by atoms with E-state index < -0.39 is 0 Å². The summed E-state index contributed by atoms with van der Waals surface area (Å²) in [6.45, 7) is 7.97. The zero-order valence-electron chi connectivity index (χ0n) is 12.3. The molecule has 0 heterocycles. The number of hydrogen-bond acceptors (Lipinski definition) is 2. The predicted molar refractivity (Wildman–Crippen MR) is 80.0 cm³/mol. The molecule has 0 unspecified atom stereocenters. The van der Waals surface area contributed by atoms with Gasteiger partial charge in [0.15, 0.2) is 0 Å². The van der Waals surface area contributed by atoms with Crippen LogP contribution in [0.15, 0.2) is 24.3 Å². The number of rotatable bonds is 6. The summed E-state index contributed by atoms with van der Waals surface area (Å²) in [5, 5.41) is 2.95. The molecule has 19 heavy (non-hydrogen) atoms. The molecule has 1 rings (SSSR count). The summed E-state index contributed by atoms with van der Waals surface area (Å²) in [5.74, 6) is -0.000620. The number of unbranched alkanes of at least 4 members (excludes halogenated alkanes) is 1. The fourth-order valence-electron chi connectivity index (χ4n) is 1.88. The first kappa shape index (κ1) is 15.7. The van der Waals surface area contributed by atoms with Crippen LogP contribution in [0, 0.1) is 5.41 Å². The van der Waals surface area contributed by atoms with Crippen molar-refractivity contribution in [2.75, 3.05) is 6.54 Å². The molecule has 3 nitrogen and oxygen atoms in total. The van der Waals surface area contributed by atoms with Crippen molar-refractivity contribution in [2.24, 2.45) is 11.1 Å². The molecule has 0 fully saturated rings. The third-order valence-corrected chi connectivity index (χ3v) is 3.09. The second-order valence-electron chi connectivity index (χ2n) is 6.17. The van der Waals surface area contributed by atoms with Crippen molar-refractivity contribution < 1.29 is 4.79 Å². The number of nitrogens with two attached hydrogens (primary N) is 1. The van der Waals surface area contributed by atoms with E-state index in [1.54, 1.807) is 0 Å². The van der Waals surface area contributed by atoms with E-state index in [4.69, 9.17) is 5.73 Å². The molecule has 0 spiro atoms. The normalized spacial score (nSPS) is 11.4. The molecular weight excluding hydrogens is 236 g/mol. The smallest absolute Gasteiger partial charge is 0.251 e. The van der Waals surface area contributed by atoms with Crippen molar-refractivity contribution in [3.8, 4) is 0 Å². The SMILES string of the molecule is CC(C)(C)CCCCNC(=O)c1ccc(CN)cc1. The van der Waals surface area contributed by atoms with Crippen molar-refractivity contribution in [3.63, 3.8) is 0 Å². The Bertz CT molecular complexity index is 390. The highest BCUT2D eigenvalue weighted by molar-refractivity contribution is 5.94. The summed E-state index contributed by atoms with van der Waals surface area (Å²) in [7, 11) is 0. The van der Waals surface area contributed by atoms with Gasteiger partial charge in [0.05, 0.1) is 0 Å². The van der Waals surface area contributed by atoms with E-state index in [-0.39, 0.29) is 5.91 Å². The van der Waals surface area contributed by atoms with Crippen molar-refractivity contribution in [1.82, 2.24) is 5.32 Å². The van der Waals surface area contributed by atoms with Gasteiger partial charge in [-0.25, -0.2) is 0 Å². The Morgan fingerprint density at radius 2 is 1.79 bits per heavy atom. The van der Waals surface area contributed by atoms with Crippen LogP contribution < -0.4 is 11.1 Å². The molecule has 106 valence electrons. The highest BCUT2D eigenvalue weighted by Gasteiger charge is 2.09. The molecule has 3 heteroatoms. The minimum absolute atomic E-state index is 0.000620. The Kier molecular flexibility index (Phi) is 6.03. The van der Waals surface area contributed by atoms with Gasteiger partial charge in [-0.2, -0.15) is 0 Å². The second-order valence-corrected chi connectivity index (χ2v) is 6.17. The number of carbonyl (C=O) groups is 1. The Morgan fingerprint density at radius 1 is 1.16 bits per heavy atom. The second kappa shape index (κ2) is 7.29. The lowest BCUT2D eigenvalue weighted by molar-refractivity contribution is 0.0952. The maximum Gasteiger partial charge on any atom is 0.251 e. The van der Waals surface area contributed by atoms with Crippen molar-refractivity contribution in [3.05, 3.63) is 35.4 Å². The number of benzene rings is 1. The van der Waals surface area contributed by atoms with Crippen LogP contribution in [0.4, 0.5) is 0 Å². The third kappa shape index (κ3) is 6.39. The quantitative estimate of drug-likeness (QED) is 0.774. The lowest BCUT2D eigenvalue weighted by Crippen LogP contribution is -2.24. The maximum absolute atomic E-state index is 11.9. The maximum atomic E-state index is 11.9. The number of carbonyl (C=O) groups excluding carboxylic acids is 1. The number of amides is 1. The summed E-state index contributed by atoms with van der Waals surface area (Å²) < 4.78 is 0. The lowest BCUT2D eigenvalue weighted by atomic mass is 9.90. The third-order valence-electron chi connectivity index (χ3n) is 3.09. The van der Waals surface area contributed by atoms with Crippen LogP contribution in [0.5, 0.6) is 0 Å². The average molecular weight is 262 g/mol. The van der Waals surface area contributed by atoms with E-state index >= 15 is 0 Å². The fraction of sp³-hybridized carbons (Fsp3) is 0.562. The molecule has 0 atom stereocenters. The first-order chi connectivity index (χ1) is 8.92. The summed E-state index contributed by atoms with van der Waals surface area (Å²) in [5.41, 5.74) is 7.65. The Morgan fingerprint density at radius 3 is 2.32 bits per heavy atom. The van der Waals surface area contributed by atoms with Gasteiger partial charge in [0.1, 0.15) is 0 Å². The molecule has 0 bridgehead atoms. The molecule has 0 aliphatic carbocycles. The highest BCUT2D eigenvalue weighted by atomic mass is 16.1. The molecule has 0 aliphatic heterocycles. The first-order valence-corrected chi connectivity index (χ1v) is 6.99. The van der Waals surface area contributed by atoms with E-state index in [0.29, 0.717) is 17.5 Å². The van der Waals surface area contributed by atoms with E-state index in [1.807, 2.05) is 24.3 Å². The monoisotopic (exact) mass is 262 g/mol. The van der Waals surface area contributed by atoms with Crippen molar-refractivity contribution in [1.29, 1.82) is 0 Å². The first-order valence-electron chi connectivity index (χ1n) is 6.99. The summed E-state index contributed by atoms with van der Waals surface area (Å²) in [4.78, 5) is 11.9. The zero-order valence-corrected chi connectivity index (χ0v) is 12.3. The van der Waals surface area contributed by atoms with E-state index in [1.165, 1.54) is 6.42 Å². The van der Waals surface area contributed by atoms with Gasteiger partial charge in [-0.3, -0.25) is 4.79 Å². The van der Waals surface area contributed by atoms with Gasteiger partial charge < -0.3 is 11.1 Å². The van der Waals surface area contributed by atoms with Crippen LogP contribution >= 0.6 is 0 Å². The highest BCUT2D eigenvalue weighted by Crippen LogP contribution is 2.21. The van der Waals surface area contributed by atoms with Crippen LogP contribution in [0.2, 0.25) is 0 Å². The van der Waals surface area contributed by atoms with Crippen LogP contribution in [-0.2, 0) is 6.54 Å². The van der Waals surface area contributed by atoms with Gasteiger partial charge in [0, 0.05) is 18.7 Å². The molecule has 1 aromatic rings. The van der Waals surface area contributed by atoms with Crippen molar-refractivity contribution in [2.45, 2.75) is 46.6 Å². The predicted octanol–water partition coefficient (Wildman–Crippen LogP) is 3.09. The summed E-state index contributed by atoms with van der Waals surface area (Å²) in [6.07, 6.45) is 3.37. The van der Waals surface area contributed by atoms with Gasteiger partial charge in [-0.05, 0) is 36.0 Å². The van der Waals surface area contributed by atoms with Crippen LogP contribution in [0.1, 0.15) is 56.0 Å². The van der Waals surface area contributed by atoms with Crippen LogP contribution in [-0.4, -0.2) is 12.5 Å². The Balaban J connectivity index is 2.27. The minimum atomic E-state index is -0.000620. The van der Waals surface area contributed by atoms with E-state index in [0.717, 1.165) is 24.9 Å². The zero-order chi connectivity index (χ0) is 14.3. The summed E-state index contributed by atoms with van der Waals surface area (Å²) >= 11 is 0. The van der Waals surface area contributed by atoms with Gasteiger partial charge in [-0.15, -0.1) is 0 Å². The topological polar surface area (TPSA) is 55.1 Å². The molecule has 0 saturated heterocycles. The van der Waals surface area contributed by atoms with Gasteiger partial charge in [0.25, 0.3) is 5.91 Å². The molecular formula is C16H26N2O. The lowest BCUT2D eigenvalue weighted by Gasteiger charge is -2.17. The number of nitrogens with one attached hydrogen (secondary N) is 1. The van der Waals surface area contributed by atoms with E-state index in [2.05, 4.69) is 26.1 Å². The molecule has 0 saturated carbocycles. The molecule has 0 aliphatic rings. The molecule has 3 N–H and O–H groups in total. The average Bonchev–Trinajstić information content (AvgIpc) is 2.37. The minimum Gasteiger partial charge on any atom is -0.352 e.